The first kappa shape index (κ1) is 14.1. The minimum absolute atomic E-state index is 0.186. The monoisotopic (exact) mass is 303 g/mol. The molecular formula is C15H17N3O2S. The van der Waals surface area contributed by atoms with Gasteiger partial charge in [-0.2, -0.15) is 0 Å². The number of imide groups is 1. The maximum atomic E-state index is 11.9. The second-order valence-corrected chi connectivity index (χ2v) is 6.57. The molecule has 1 aromatic carbocycles. The van der Waals surface area contributed by atoms with Crippen molar-refractivity contribution in [1.29, 1.82) is 0 Å². The molecule has 3 rings (SSSR count). The molecule has 0 saturated carbocycles. The molecule has 6 heteroatoms. The lowest BCUT2D eigenvalue weighted by Crippen LogP contribution is -2.42. The Morgan fingerprint density at radius 2 is 2.10 bits per heavy atom. The van der Waals surface area contributed by atoms with Gasteiger partial charge in [-0.3, -0.25) is 14.9 Å². The first-order valence-corrected chi connectivity index (χ1v) is 7.91. The van der Waals surface area contributed by atoms with Gasteiger partial charge in [0.2, 0.25) is 11.8 Å². The van der Waals surface area contributed by atoms with Crippen molar-refractivity contribution in [3.8, 4) is 0 Å². The SMILES string of the molecule is CC(C)n1c(SC2CCC(=O)NC2=O)nc2ccccc21. The third-order valence-electron chi connectivity index (χ3n) is 3.52. The Labute approximate surface area is 127 Å². The van der Waals surface area contributed by atoms with Crippen LogP contribution in [0, 0.1) is 0 Å². The number of aromatic nitrogens is 2. The van der Waals surface area contributed by atoms with E-state index in [-0.39, 0.29) is 23.1 Å². The maximum Gasteiger partial charge on any atom is 0.240 e. The van der Waals surface area contributed by atoms with Gasteiger partial charge >= 0.3 is 0 Å². The molecule has 1 unspecified atom stereocenters. The van der Waals surface area contributed by atoms with Crippen LogP contribution in [-0.4, -0.2) is 26.6 Å². The molecule has 0 aliphatic carbocycles. The van der Waals surface area contributed by atoms with Crippen LogP contribution in [0.15, 0.2) is 29.4 Å². The summed E-state index contributed by atoms with van der Waals surface area (Å²) in [5, 5.41) is 2.98. The van der Waals surface area contributed by atoms with Crippen LogP contribution in [0.2, 0.25) is 0 Å². The van der Waals surface area contributed by atoms with Crippen molar-refractivity contribution in [2.75, 3.05) is 0 Å². The minimum atomic E-state index is -0.253. The van der Waals surface area contributed by atoms with E-state index < -0.39 is 0 Å². The first-order valence-electron chi connectivity index (χ1n) is 7.03. The van der Waals surface area contributed by atoms with Gasteiger partial charge in [0.25, 0.3) is 0 Å². The summed E-state index contributed by atoms with van der Waals surface area (Å²) in [5.74, 6) is -0.396. The zero-order valence-corrected chi connectivity index (χ0v) is 12.8. The summed E-state index contributed by atoms with van der Waals surface area (Å²) in [6, 6.07) is 8.22. The average Bonchev–Trinajstić information content (AvgIpc) is 2.80. The predicted molar refractivity (Wildman–Crippen MR) is 82.1 cm³/mol. The number of fused-ring (bicyclic) bond motifs is 1. The predicted octanol–water partition coefficient (Wildman–Crippen LogP) is 2.51. The Kier molecular flexibility index (Phi) is 3.71. The van der Waals surface area contributed by atoms with E-state index in [1.165, 1.54) is 11.8 Å². The molecule has 110 valence electrons. The molecule has 21 heavy (non-hydrogen) atoms. The molecule has 1 saturated heterocycles. The van der Waals surface area contributed by atoms with Crippen molar-refractivity contribution >= 4 is 34.6 Å². The summed E-state index contributed by atoms with van der Waals surface area (Å²) in [6.45, 7) is 4.20. The summed E-state index contributed by atoms with van der Waals surface area (Å²) in [4.78, 5) is 27.8. The zero-order chi connectivity index (χ0) is 15.0. The van der Waals surface area contributed by atoms with E-state index in [9.17, 15) is 9.59 Å². The topological polar surface area (TPSA) is 64.0 Å². The van der Waals surface area contributed by atoms with Gasteiger partial charge in [-0.15, -0.1) is 0 Å². The standard InChI is InChI=1S/C15H17N3O2S/c1-9(2)18-11-6-4-3-5-10(11)16-15(18)21-12-7-8-13(19)17-14(12)20/h3-6,9,12H,7-8H2,1-2H3,(H,17,19,20). The molecule has 1 N–H and O–H groups in total. The minimum Gasteiger partial charge on any atom is -0.316 e. The van der Waals surface area contributed by atoms with Crippen LogP contribution in [0.25, 0.3) is 11.0 Å². The largest absolute Gasteiger partial charge is 0.316 e. The van der Waals surface area contributed by atoms with Crippen molar-refractivity contribution in [2.45, 2.75) is 43.1 Å². The Balaban J connectivity index is 1.95. The molecule has 0 bridgehead atoms. The highest BCUT2D eigenvalue weighted by molar-refractivity contribution is 8.00. The number of para-hydroxylation sites is 2. The van der Waals surface area contributed by atoms with Gasteiger partial charge < -0.3 is 4.57 Å². The lowest BCUT2D eigenvalue weighted by atomic mass is 10.1. The van der Waals surface area contributed by atoms with Crippen LogP contribution in [0.3, 0.4) is 0 Å². The molecule has 2 heterocycles. The summed E-state index contributed by atoms with van der Waals surface area (Å²) < 4.78 is 2.14. The quantitative estimate of drug-likeness (QED) is 0.885. The molecule has 2 aromatic rings. The van der Waals surface area contributed by atoms with Crippen LogP contribution in [0.4, 0.5) is 0 Å². The molecule has 0 spiro atoms. The van der Waals surface area contributed by atoms with Crippen LogP contribution in [0.1, 0.15) is 32.7 Å². The maximum absolute atomic E-state index is 11.9. The van der Waals surface area contributed by atoms with E-state index in [1.54, 1.807) is 0 Å². The van der Waals surface area contributed by atoms with E-state index in [2.05, 4.69) is 28.7 Å². The Bertz CT molecular complexity index is 708. The Morgan fingerprint density at radius 1 is 1.33 bits per heavy atom. The highest BCUT2D eigenvalue weighted by Crippen LogP contribution is 2.32. The lowest BCUT2D eigenvalue weighted by molar-refractivity contribution is -0.132. The van der Waals surface area contributed by atoms with Crippen LogP contribution >= 0.6 is 11.8 Å². The number of amides is 2. The second kappa shape index (κ2) is 5.52. The molecule has 2 amide bonds. The van der Waals surface area contributed by atoms with Gasteiger partial charge in [-0.25, -0.2) is 4.98 Å². The van der Waals surface area contributed by atoms with E-state index in [0.717, 1.165) is 16.2 Å². The van der Waals surface area contributed by atoms with Gasteiger partial charge in [0.1, 0.15) is 0 Å². The fraction of sp³-hybridized carbons (Fsp3) is 0.400. The second-order valence-electron chi connectivity index (χ2n) is 5.40. The molecule has 1 atom stereocenters. The van der Waals surface area contributed by atoms with E-state index in [1.807, 2.05) is 24.3 Å². The van der Waals surface area contributed by atoms with Gasteiger partial charge in [0.15, 0.2) is 5.16 Å². The number of imidazole rings is 1. The summed E-state index contributed by atoms with van der Waals surface area (Å²) in [6.07, 6.45) is 0.960. The van der Waals surface area contributed by atoms with Crippen molar-refractivity contribution in [1.82, 2.24) is 14.9 Å². The van der Waals surface area contributed by atoms with Crippen molar-refractivity contribution in [3.63, 3.8) is 0 Å². The summed E-state index contributed by atoms with van der Waals surface area (Å²) in [7, 11) is 0. The third-order valence-corrected chi connectivity index (χ3v) is 4.75. The number of thioether (sulfide) groups is 1. The average molecular weight is 303 g/mol. The smallest absolute Gasteiger partial charge is 0.240 e. The van der Waals surface area contributed by atoms with Crippen molar-refractivity contribution in [2.24, 2.45) is 0 Å². The van der Waals surface area contributed by atoms with E-state index >= 15 is 0 Å². The molecule has 1 aliphatic heterocycles. The molecule has 5 nitrogen and oxygen atoms in total. The number of nitrogens with zero attached hydrogens (tertiary/aromatic N) is 2. The van der Waals surface area contributed by atoms with Gasteiger partial charge in [0.05, 0.1) is 16.3 Å². The van der Waals surface area contributed by atoms with Crippen LogP contribution in [-0.2, 0) is 9.59 Å². The number of nitrogens with one attached hydrogen (secondary N) is 1. The Hall–Kier alpha value is -1.82. The number of benzene rings is 1. The molecule has 1 fully saturated rings. The number of hydrogen-bond donors (Lipinski definition) is 1. The van der Waals surface area contributed by atoms with E-state index in [4.69, 9.17) is 0 Å². The summed E-state index contributed by atoms with van der Waals surface area (Å²) >= 11 is 1.44. The van der Waals surface area contributed by atoms with E-state index in [0.29, 0.717) is 12.8 Å². The van der Waals surface area contributed by atoms with Crippen LogP contribution in [0.5, 0.6) is 0 Å². The normalized spacial score (nSPS) is 19.3. The van der Waals surface area contributed by atoms with Crippen molar-refractivity contribution in [3.05, 3.63) is 24.3 Å². The fourth-order valence-electron chi connectivity index (χ4n) is 2.52. The van der Waals surface area contributed by atoms with Crippen LogP contribution < -0.4 is 5.32 Å². The Morgan fingerprint density at radius 3 is 2.81 bits per heavy atom. The zero-order valence-electron chi connectivity index (χ0n) is 12.0. The number of piperidine rings is 1. The molecule has 1 aliphatic rings. The number of rotatable bonds is 3. The molecule has 0 radical (unpaired) electrons. The third kappa shape index (κ3) is 2.68. The number of carbonyl (C=O) groups excluding carboxylic acids is 2. The van der Waals surface area contributed by atoms with Gasteiger partial charge in [-0.1, -0.05) is 23.9 Å². The molecular weight excluding hydrogens is 286 g/mol. The van der Waals surface area contributed by atoms with Crippen molar-refractivity contribution < 1.29 is 9.59 Å². The first-order chi connectivity index (χ1) is 10.1. The van der Waals surface area contributed by atoms with Gasteiger partial charge in [-0.05, 0) is 32.4 Å². The summed E-state index contributed by atoms with van der Waals surface area (Å²) in [5.41, 5.74) is 2.00. The number of carbonyl (C=O) groups is 2. The highest BCUT2D eigenvalue weighted by atomic mass is 32.2. The molecule has 1 aromatic heterocycles. The fourth-order valence-corrected chi connectivity index (χ4v) is 3.75. The highest BCUT2D eigenvalue weighted by Gasteiger charge is 2.29. The van der Waals surface area contributed by atoms with Gasteiger partial charge in [0, 0.05) is 12.5 Å². The lowest BCUT2D eigenvalue weighted by Gasteiger charge is -2.21. The number of hydrogen-bond acceptors (Lipinski definition) is 4.